The zero-order valence-corrected chi connectivity index (χ0v) is 12.8. The number of halogens is 3. The summed E-state index contributed by atoms with van der Waals surface area (Å²) in [6, 6.07) is 4.47. The molecule has 0 amide bonds. The Morgan fingerprint density at radius 2 is 2.21 bits per heavy atom. The second-order valence-electron chi connectivity index (χ2n) is 4.36. The number of aryl methyl sites for hydroxylation is 2. The maximum Gasteiger partial charge on any atom is 0.129 e. The molecule has 1 unspecified atom stereocenters. The first-order chi connectivity index (χ1) is 8.90. The van der Waals surface area contributed by atoms with Crippen LogP contribution in [0.1, 0.15) is 23.1 Å². The molecule has 0 saturated heterocycles. The lowest BCUT2D eigenvalue weighted by Crippen LogP contribution is -2.08. The monoisotopic (exact) mass is 346 g/mol. The molecule has 102 valence electrons. The van der Waals surface area contributed by atoms with Gasteiger partial charge in [-0.15, -0.1) is 0 Å². The Hall–Kier alpha value is -0.910. The van der Waals surface area contributed by atoms with E-state index in [1.807, 2.05) is 0 Å². The molecule has 0 aliphatic carbocycles. The molecular formula is C13H13BrClFN2O. The lowest BCUT2D eigenvalue weighted by atomic mass is 10.0. The molecule has 1 atom stereocenters. The third kappa shape index (κ3) is 2.99. The van der Waals surface area contributed by atoms with E-state index < -0.39 is 11.9 Å². The number of aliphatic hydroxyl groups excluding tert-OH is 1. The van der Waals surface area contributed by atoms with Crippen molar-refractivity contribution in [1.29, 1.82) is 0 Å². The van der Waals surface area contributed by atoms with E-state index in [-0.39, 0.29) is 12.0 Å². The molecule has 0 aliphatic rings. The molecular weight excluding hydrogens is 335 g/mol. The third-order valence-electron chi connectivity index (χ3n) is 2.97. The van der Waals surface area contributed by atoms with Gasteiger partial charge in [0.25, 0.3) is 0 Å². The van der Waals surface area contributed by atoms with Crippen molar-refractivity contribution in [3.63, 3.8) is 0 Å². The lowest BCUT2D eigenvalue weighted by Gasteiger charge is -2.13. The van der Waals surface area contributed by atoms with Crippen LogP contribution in [-0.2, 0) is 13.5 Å². The van der Waals surface area contributed by atoms with Crippen LogP contribution in [0.15, 0.2) is 22.7 Å². The molecule has 0 spiro atoms. The average molecular weight is 348 g/mol. The Kier molecular flexibility index (Phi) is 4.28. The van der Waals surface area contributed by atoms with Crippen LogP contribution in [-0.4, -0.2) is 14.9 Å². The fourth-order valence-corrected chi connectivity index (χ4v) is 2.58. The Morgan fingerprint density at radius 1 is 1.53 bits per heavy atom. The molecule has 6 heteroatoms. The van der Waals surface area contributed by atoms with Gasteiger partial charge in [-0.25, -0.2) is 4.39 Å². The minimum atomic E-state index is -0.968. The molecule has 1 heterocycles. The predicted octanol–water partition coefficient (Wildman–Crippen LogP) is 3.56. The SMILES string of the molecule is Cc1nn(C)c(CC(O)c2cc(Br)ccc2F)c1Cl. The van der Waals surface area contributed by atoms with E-state index in [1.165, 1.54) is 6.07 Å². The van der Waals surface area contributed by atoms with E-state index in [0.717, 1.165) is 4.47 Å². The van der Waals surface area contributed by atoms with Crippen molar-refractivity contribution in [2.45, 2.75) is 19.4 Å². The minimum Gasteiger partial charge on any atom is -0.388 e. The highest BCUT2D eigenvalue weighted by molar-refractivity contribution is 9.10. The van der Waals surface area contributed by atoms with Gasteiger partial charge >= 0.3 is 0 Å². The number of hydrogen-bond donors (Lipinski definition) is 1. The summed E-state index contributed by atoms with van der Waals surface area (Å²) in [7, 11) is 1.75. The van der Waals surface area contributed by atoms with Gasteiger partial charge in [0, 0.05) is 23.5 Å². The molecule has 2 rings (SSSR count). The van der Waals surface area contributed by atoms with E-state index in [0.29, 0.717) is 16.4 Å². The standard InChI is InChI=1S/C13H13BrClFN2O/c1-7-13(15)11(18(2)17-7)6-12(19)9-5-8(14)3-4-10(9)16/h3-5,12,19H,6H2,1-2H3. The first-order valence-electron chi connectivity index (χ1n) is 5.71. The predicted molar refractivity (Wildman–Crippen MR) is 75.7 cm³/mol. The van der Waals surface area contributed by atoms with E-state index in [9.17, 15) is 9.50 Å². The summed E-state index contributed by atoms with van der Waals surface area (Å²) in [6.07, 6.45) is -0.756. The lowest BCUT2D eigenvalue weighted by molar-refractivity contribution is 0.171. The molecule has 1 aromatic carbocycles. The summed E-state index contributed by atoms with van der Waals surface area (Å²) < 4.78 is 16.0. The second kappa shape index (κ2) is 5.61. The summed E-state index contributed by atoms with van der Waals surface area (Å²) >= 11 is 9.38. The van der Waals surface area contributed by atoms with E-state index in [4.69, 9.17) is 11.6 Å². The first-order valence-corrected chi connectivity index (χ1v) is 6.88. The number of rotatable bonds is 3. The van der Waals surface area contributed by atoms with Gasteiger partial charge in [0.2, 0.25) is 0 Å². The number of aliphatic hydroxyl groups is 1. The second-order valence-corrected chi connectivity index (χ2v) is 5.65. The third-order valence-corrected chi connectivity index (χ3v) is 3.95. The van der Waals surface area contributed by atoms with Crippen molar-refractivity contribution in [2.75, 3.05) is 0 Å². The van der Waals surface area contributed by atoms with Crippen LogP contribution in [0.4, 0.5) is 4.39 Å². The number of nitrogens with zero attached hydrogens (tertiary/aromatic N) is 2. The molecule has 0 bridgehead atoms. The molecule has 1 N–H and O–H groups in total. The Balaban J connectivity index is 2.30. The molecule has 0 radical (unpaired) electrons. The zero-order valence-electron chi connectivity index (χ0n) is 10.5. The maximum atomic E-state index is 13.7. The van der Waals surface area contributed by atoms with Gasteiger partial charge in [-0.1, -0.05) is 27.5 Å². The van der Waals surface area contributed by atoms with Crippen LogP contribution >= 0.6 is 27.5 Å². The molecule has 19 heavy (non-hydrogen) atoms. The van der Waals surface area contributed by atoms with Gasteiger partial charge in [-0.3, -0.25) is 4.68 Å². The van der Waals surface area contributed by atoms with E-state index in [1.54, 1.807) is 30.8 Å². The number of aromatic nitrogens is 2. The van der Waals surface area contributed by atoms with Crippen molar-refractivity contribution < 1.29 is 9.50 Å². The van der Waals surface area contributed by atoms with Crippen molar-refractivity contribution >= 4 is 27.5 Å². The quantitative estimate of drug-likeness (QED) is 0.922. The largest absolute Gasteiger partial charge is 0.388 e. The molecule has 0 fully saturated rings. The van der Waals surface area contributed by atoms with Gasteiger partial charge < -0.3 is 5.11 Å². The van der Waals surface area contributed by atoms with Crippen molar-refractivity contribution in [3.8, 4) is 0 Å². The van der Waals surface area contributed by atoms with Crippen molar-refractivity contribution in [1.82, 2.24) is 9.78 Å². The highest BCUT2D eigenvalue weighted by atomic mass is 79.9. The maximum absolute atomic E-state index is 13.7. The topological polar surface area (TPSA) is 38.0 Å². The van der Waals surface area contributed by atoms with E-state index in [2.05, 4.69) is 21.0 Å². The summed E-state index contributed by atoms with van der Waals surface area (Å²) in [6.45, 7) is 1.79. The molecule has 2 aromatic rings. The minimum absolute atomic E-state index is 0.212. The smallest absolute Gasteiger partial charge is 0.129 e. The molecule has 1 aromatic heterocycles. The fraction of sp³-hybridized carbons (Fsp3) is 0.308. The molecule has 0 saturated carbocycles. The summed E-state index contributed by atoms with van der Waals surface area (Å²) in [5.41, 5.74) is 1.62. The van der Waals surface area contributed by atoms with Crippen molar-refractivity contribution in [3.05, 3.63) is 50.5 Å². The summed E-state index contributed by atoms with van der Waals surface area (Å²) in [5, 5.41) is 14.9. The highest BCUT2D eigenvalue weighted by Crippen LogP contribution is 2.28. The van der Waals surface area contributed by atoms with Gasteiger partial charge in [-0.2, -0.15) is 5.10 Å². The van der Waals surface area contributed by atoms with Gasteiger partial charge in [0.15, 0.2) is 0 Å². The van der Waals surface area contributed by atoms with Crippen LogP contribution in [0.5, 0.6) is 0 Å². The number of hydrogen-bond acceptors (Lipinski definition) is 2. The van der Waals surface area contributed by atoms with Crippen LogP contribution in [0.25, 0.3) is 0 Å². The molecule has 3 nitrogen and oxygen atoms in total. The van der Waals surface area contributed by atoms with Gasteiger partial charge in [0.1, 0.15) is 5.82 Å². The highest BCUT2D eigenvalue weighted by Gasteiger charge is 2.19. The van der Waals surface area contributed by atoms with E-state index >= 15 is 0 Å². The Morgan fingerprint density at radius 3 is 2.79 bits per heavy atom. The zero-order chi connectivity index (χ0) is 14.2. The Labute approximate surface area is 124 Å². The average Bonchev–Trinajstić information content (AvgIpc) is 2.59. The molecule has 0 aliphatic heterocycles. The Bertz CT molecular complexity index is 615. The van der Waals surface area contributed by atoms with Crippen LogP contribution in [0, 0.1) is 12.7 Å². The summed E-state index contributed by atoms with van der Waals surface area (Å²) in [5.74, 6) is -0.439. The van der Waals surface area contributed by atoms with Crippen LogP contribution in [0.2, 0.25) is 5.02 Å². The van der Waals surface area contributed by atoms with Crippen LogP contribution in [0.3, 0.4) is 0 Å². The fourth-order valence-electron chi connectivity index (χ4n) is 1.96. The normalized spacial score (nSPS) is 12.7. The van der Waals surface area contributed by atoms with Gasteiger partial charge in [-0.05, 0) is 25.1 Å². The number of benzene rings is 1. The van der Waals surface area contributed by atoms with Crippen molar-refractivity contribution in [2.24, 2.45) is 7.05 Å². The van der Waals surface area contributed by atoms with Crippen LogP contribution < -0.4 is 0 Å². The summed E-state index contributed by atoms with van der Waals surface area (Å²) in [4.78, 5) is 0. The van der Waals surface area contributed by atoms with Gasteiger partial charge in [0.05, 0.1) is 22.5 Å². The first kappa shape index (κ1) is 14.5.